The van der Waals surface area contributed by atoms with Crippen molar-refractivity contribution in [3.05, 3.63) is 48.1 Å². The van der Waals surface area contributed by atoms with Gasteiger partial charge in [-0.25, -0.2) is 4.39 Å². The fourth-order valence-electron chi connectivity index (χ4n) is 2.83. The van der Waals surface area contributed by atoms with Crippen molar-refractivity contribution in [1.82, 2.24) is 15.5 Å². The van der Waals surface area contributed by atoms with Crippen LogP contribution < -0.4 is 5.32 Å². The van der Waals surface area contributed by atoms with Crippen LogP contribution in [0.3, 0.4) is 0 Å². The maximum atomic E-state index is 13.9. The molecular weight excluding hydrogens is 269 g/mol. The van der Waals surface area contributed by atoms with Crippen LogP contribution in [-0.2, 0) is 0 Å². The van der Waals surface area contributed by atoms with Crippen molar-refractivity contribution in [3.8, 4) is 11.4 Å². The second-order valence-electron chi connectivity index (χ2n) is 5.29. The fraction of sp³-hybridized carbons (Fsp3) is 0.250. The van der Waals surface area contributed by atoms with Crippen molar-refractivity contribution in [3.63, 3.8) is 0 Å². The van der Waals surface area contributed by atoms with Crippen molar-refractivity contribution in [2.24, 2.45) is 0 Å². The number of nitrogens with zero attached hydrogens (tertiary/aromatic N) is 2. The van der Waals surface area contributed by atoms with Gasteiger partial charge in [0.25, 0.3) is 0 Å². The first-order valence-corrected chi connectivity index (χ1v) is 7.05. The second-order valence-corrected chi connectivity index (χ2v) is 5.29. The number of aromatic nitrogens is 2. The van der Waals surface area contributed by atoms with Crippen LogP contribution in [0, 0.1) is 5.82 Å². The third kappa shape index (κ3) is 2.10. The third-order valence-electron chi connectivity index (χ3n) is 3.96. The SMILES string of the molecule is Fc1ccc(-c2noc(C3CCNC3)n2)c2ccccc12. The molecule has 0 spiro atoms. The average Bonchev–Trinajstić information content (AvgIpc) is 3.19. The first kappa shape index (κ1) is 12.5. The molecule has 0 bridgehead atoms. The molecule has 2 heterocycles. The van der Waals surface area contributed by atoms with Gasteiger partial charge in [0.15, 0.2) is 0 Å². The largest absolute Gasteiger partial charge is 0.339 e. The van der Waals surface area contributed by atoms with Gasteiger partial charge in [-0.15, -0.1) is 0 Å². The summed E-state index contributed by atoms with van der Waals surface area (Å²) in [7, 11) is 0. The van der Waals surface area contributed by atoms with Crippen molar-refractivity contribution >= 4 is 10.8 Å². The lowest BCUT2D eigenvalue weighted by molar-refractivity contribution is 0.359. The monoisotopic (exact) mass is 283 g/mol. The Kier molecular flexibility index (Phi) is 2.93. The standard InChI is InChI=1S/C16H14FN3O/c17-14-6-5-13(11-3-1-2-4-12(11)14)15-19-16(21-20-15)10-7-8-18-9-10/h1-6,10,18H,7-9H2. The lowest BCUT2D eigenvalue weighted by Gasteiger charge is -2.03. The quantitative estimate of drug-likeness (QED) is 0.785. The van der Waals surface area contributed by atoms with Gasteiger partial charge in [0.1, 0.15) is 5.82 Å². The predicted molar refractivity (Wildman–Crippen MR) is 77.4 cm³/mol. The van der Waals surface area contributed by atoms with E-state index < -0.39 is 0 Å². The Balaban J connectivity index is 1.81. The maximum Gasteiger partial charge on any atom is 0.231 e. The van der Waals surface area contributed by atoms with Crippen LogP contribution in [0.5, 0.6) is 0 Å². The molecule has 0 amide bonds. The molecule has 4 nitrogen and oxygen atoms in total. The van der Waals surface area contributed by atoms with Crippen LogP contribution >= 0.6 is 0 Å². The molecule has 1 aliphatic rings. The van der Waals surface area contributed by atoms with E-state index in [9.17, 15) is 4.39 Å². The molecule has 0 radical (unpaired) electrons. The van der Waals surface area contributed by atoms with E-state index in [2.05, 4.69) is 15.5 Å². The van der Waals surface area contributed by atoms with Gasteiger partial charge in [-0.3, -0.25) is 0 Å². The smallest absolute Gasteiger partial charge is 0.231 e. The molecule has 0 saturated carbocycles. The second kappa shape index (κ2) is 4.93. The van der Waals surface area contributed by atoms with Gasteiger partial charge in [-0.05, 0) is 30.5 Å². The number of halogens is 1. The zero-order valence-electron chi connectivity index (χ0n) is 11.3. The van der Waals surface area contributed by atoms with E-state index in [0.717, 1.165) is 30.5 Å². The summed E-state index contributed by atoms with van der Waals surface area (Å²) in [5.74, 6) is 1.22. The summed E-state index contributed by atoms with van der Waals surface area (Å²) in [4.78, 5) is 4.50. The van der Waals surface area contributed by atoms with Crippen LogP contribution in [-0.4, -0.2) is 23.2 Å². The molecule has 21 heavy (non-hydrogen) atoms. The number of fused-ring (bicyclic) bond motifs is 1. The topological polar surface area (TPSA) is 51.0 Å². The zero-order chi connectivity index (χ0) is 14.2. The first-order chi connectivity index (χ1) is 10.3. The lowest BCUT2D eigenvalue weighted by Crippen LogP contribution is -2.08. The molecule has 106 valence electrons. The molecule has 2 aromatic carbocycles. The summed E-state index contributed by atoms with van der Waals surface area (Å²) in [5.41, 5.74) is 0.799. The minimum absolute atomic E-state index is 0.238. The molecule has 1 aliphatic heterocycles. The third-order valence-corrected chi connectivity index (χ3v) is 3.96. The Morgan fingerprint density at radius 3 is 2.81 bits per heavy atom. The molecule has 1 atom stereocenters. The number of hydrogen-bond donors (Lipinski definition) is 1. The summed E-state index contributed by atoms with van der Waals surface area (Å²) < 4.78 is 19.2. The van der Waals surface area contributed by atoms with Crippen LogP contribution in [0.4, 0.5) is 4.39 Å². The number of hydrogen-bond acceptors (Lipinski definition) is 4. The normalized spacial score (nSPS) is 18.4. The van der Waals surface area contributed by atoms with Crippen LogP contribution in [0.25, 0.3) is 22.2 Å². The Labute approximate surface area is 121 Å². The minimum atomic E-state index is -0.238. The molecular formula is C16H14FN3O. The van der Waals surface area contributed by atoms with E-state index >= 15 is 0 Å². The van der Waals surface area contributed by atoms with E-state index in [-0.39, 0.29) is 11.7 Å². The molecule has 4 rings (SSSR count). The van der Waals surface area contributed by atoms with Crippen molar-refractivity contribution in [1.29, 1.82) is 0 Å². The molecule has 1 fully saturated rings. The summed E-state index contributed by atoms with van der Waals surface area (Å²) in [6.45, 7) is 1.84. The molecule has 5 heteroatoms. The van der Waals surface area contributed by atoms with Crippen molar-refractivity contribution < 1.29 is 8.91 Å². The molecule has 3 aromatic rings. The van der Waals surface area contributed by atoms with Gasteiger partial charge in [0.05, 0.1) is 5.92 Å². The molecule has 1 aromatic heterocycles. The number of nitrogens with one attached hydrogen (secondary N) is 1. The Bertz CT molecular complexity index is 793. The van der Waals surface area contributed by atoms with Gasteiger partial charge < -0.3 is 9.84 Å². The van der Waals surface area contributed by atoms with E-state index in [4.69, 9.17) is 4.52 Å². The molecule has 0 aliphatic carbocycles. The van der Waals surface area contributed by atoms with Gasteiger partial charge in [0, 0.05) is 17.5 Å². The van der Waals surface area contributed by atoms with E-state index in [0.29, 0.717) is 17.1 Å². The highest BCUT2D eigenvalue weighted by Gasteiger charge is 2.23. The van der Waals surface area contributed by atoms with Crippen LogP contribution in [0.15, 0.2) is 40.9 Å². The summed E-state index contributed by atoms with van der Waals surface area (Å²) in [6, 6.07) is 10.5. The van der Waals surface area contributed by atoms with E-state index in [1.54, 1.807) is 12.1 Å². The Hall–Kier alpha value is -2.27. The van der Waals surface area contributed by atoms with Crippen molar-refractivity contribution in [2.45, 2.75) is 12.3 Å². The van der Waals surface area contributed by atoms with E-state index in [1.165, 1.54) is 6.07 Å². The van der Waals surface area contributed by atoms with Gasteiger partial charge in [-0.1, -0.05) is 29.4 Å². The fourth-order valence-corrected chi connectivity index (χ4v) is 2.83. The summed E-state index contributed by atoms with van der Waals surface area (Å²) in [6.07, 6.45) is 1.01. The molecule has 1 unspecified atom stereocenters. The Morgan fingerprint density at radius 2 is 2.00 bits per heavy atom. The van der Waals surface area contributed by atoms with Crippen molar-refractivity contribution in [2.75, 3.05) is 13.1 Å². The minimum Gasteiger partial charge on any atom is -0.339 e. The average molecular weight is 283 g/mol. The highest BCUT2D eigenvalue weighted by molar-refractivity contribution is 5.95. The lowest BCUT2D eigenvalue weighted by atomic mass is 10.0. The molecule has 1 saturated heterocycles. The van der Waals surface area contributed by atoms with Gasteiger partial charge >= 0.3 is 0 Å². The maximum absolute atomic E-state index is 13.9. The number of rotatable bonds is 2. The first-order valence-electron chi connectivity index (χ1n) is 7.05. The highest BCUT2D eigenvalue weighted by Crippen LogP contribution is 2.30. The zero-order valence-corrected chi connectivity index (χ0v) is 11.3. The highest BCUT2D eigenvalue weighted by atomic mass is 19.1. The predicted octanol–water partition coefficient (Wildman–Crippen LogP) is 3.11. The number of benzene rings is 2. The van der Waals surface area contributed by atoms with E-state index in [1.807, 2.05) is 18.2 Å². The van der Waals surface area contributed by atoms with Crippen LogP contribution in [0.1, 0.15) is 18.2 Å². The van der Waals surface area contributed by atoms with Gasteiger partial charge in [0.2, 0.25) is 11.7 Å². The van der Waals surface area contributed by atoms with Crippen LogP contribution in [0.2, 0.25) is 0 Å². The summed E-state index contributed by atoms with van der Waals surface area (Å²) in [5, 5.41) is 8.73. The summed E-state index contributed by atoms with van der Waals surface area (Å²) >= 11 is 0. The van der Waals surface area contributed by atoms with Gasteiger partial charge in [-0.2, -0.15) is 4.98 Å². The Morgan fingerprint density at radius 1 is 1.14 bits per heavy atom. The molecule has 1 N–H and O–H groups in total.